The highest BCUT2D eigenvalue weighted by molar-refractivity contribution is 4.93. The molecule has 0 amide bonds. The summed E-state index contributed by atoms with van der Waals surface area (Å²) in [6.07, 6.45) is 5.98. The molecule has 4 aliphatic heterocycles. The Morgan fingerprint density at radius 2 is 1.70 bits per heavy atom. The van der Waals surface area contributed by atoms with Gasteiger partial charge in [-0.05, 0) is 45.7 Å². The average Bonchev–Trinajstić information content (AvgIpc) is 3.06. The van der Waals surface area contributed by atoms with E-state index in [9.17, 15) is 0 Å². The predicted octanol–water partition coefficient (Wildman–Crippen LogP) is 1.02. The van der Waals surface area contributed by atoms with Crippen LogP contribution in [0, 0.1) is 0 Å². The van der Waals surface area contributed by atoms with Crippen LogP contribution in [0.3, 0.4) is 0 Å². The van der Waals surface area contributed by atoms with Gasteiger partial charge in [0.1, 0.15) is 0 Å². The Bertz CT molecular complexity index is 351. The van der Waals surface area contributed by atoms with Crippen molar-refractivity contribution in [3.63, 3.8) is 0 Å². The van der Waals surface area contributed by atoms with Gasteiger partial charge in [-0.3, -0.25) is 14.7 Å². The molecule has 4 rings (SSSR count). The van der Waals surface area contributed by atoms with E-state index in [1.165, 1.54) is 58.4 Å². The first kappa shape index (κ1) is 13.5. The molecule has 0 aromatic heterocycles. The summed E-state index contributed by atoms with van der Waals surface area (Å²) in [5, 5.41) is 0. The number of piperazine rings is 1. The number of hydrogen-bond acceptors (Lipinski definition) is 4. The third-order valence-corrected chi connectivity index (χ3v) is 5.97. The minimum atomic E-state index is 0.444. The molecule has 0 aromatic rings. The van der Waals surface area contributed by atoms with Gasteiger partial charge in [-0.25, -0.2) is 0 Å². The maximum Gasteiger partial charge on any atom is 0.0829 e. The molecule has 0 saturated carbocycles. The summed E-state index contributed by atoms with van der Waals surface area (Å²) in [5.74, 6) is 0. The van der Waals surface area contributed by atoms with Gasteiger partial charge in [-0.15, -0.1) is 0 Å². The third-order valence-electron chi connectivity index (χ3n) is 5.97. The van der Waals surface area contributed by atoms with Crippen LogP contribution in [0.1, 0.15) is 32.6 Å². The van der Waals surface area contributed by atoms with E-state index >= 15 is 0 Å². The van der Waals surface area contributed by atoms with Crippen LogP contribution in [-0.2, 0) is 4.74 Å². The molecule has 4 heterocycles. The summed E-state index contributed by atoms with van der Waals surface area (Å²) in [6, 6.07) is 2.26. The Morgan fingerprint density at radius 3 is 2.55 bits per heavy atom. The standard InChI is InChI=1S/C16H29N3O/c1-13-8-17-6-2-4-14(17)9-19(13)11-16-10-18-7-3-5-15(18)12-20-16/h13-16H,2-12H2,1H3. The SMILES string of the molecule is CC1CN2CCCC2CN1CC1CN2CCCC2CO1. The van der Waals surface area contributed by atoms with Crippen molar-refractivity contribution in [3.8, 4) is 0 Å². The fourth-order valence-corrected chi connectivity index (χ4v) is 4.76. The molecule has 0 aliphatic carbocycles. The van der Waals surface area contributed by atoms with Crippen molar-refractivity contribution >= 4 is 0 Å². The van der Waals surface area contributed by atoms with Crippen LogP contribution in [0.25, 0.3) is 0 Å². The Hall–Kier alpha value is -0.160. The first-order valence-corrected chi connectivity index (χ1v) is 8.63. The van der Waals surface area contributed by atoms with Gasteiger partial charge in [0.25, 0.3) is 0 Å². The minimum Gasteiger partial charge on any atom is -0.374 e. The lowest BCUT2D eigenvalue weighted by Gasteiger charge is -2.45. The molecule has 4 aliphatic rings. The molecule has 4 atom stereocenters. The lowest BCUT2D eigenvalue weighted by atomic mass is 10.1. The monoisotopic (exact) mass is 279 g/mol. The molecule has 4 nitrogen and oxygen atoms in total. The number of hydrogen-bond donors (Lipinski definition) is 0. The fourth-order valence-electron chi connectivity index (χ4n) is 4.76. The maximum absolute atomic E-state index is 6.16. The van der Waals surface area contributed by atoms with Crippen LogP contribution < -0.4 is 0 Å². The first-order valence-electron chi connectivity index (χ1n) is 8.63. The summed E-state index contributed by atoms with van der Waals surface area (Å²) in [7, 11) is 0. The number of morpholine rings is 1. The smallest absolute Gasteiger partial charge is 0.0829 e. The maximum atomic E-state index is 6.16. The molecule has 114 valence electrons. The Kier molecular flexibility index (Phi) is 3.75. The molecule has 20 heavy (non-hydrogen) atoms. The third kappa shape index (κ3) is 2.52. The summed E-state index contributed by atoms with van der Waals surface area (Å²) < 4.78 is 6.16. The summed E-state index contributed by atoms with van der Waals surface area (Å²) in [6.45, 7) is 10.9. The first-order chi connectivity index (χ1) is 9.79. The highest BCUT2D eigenvalue weighted by Crippen LogP contribution is 2.27. The molecular weight excluding hydrogens is 250 g/mol. The van der Waals surface area contributed by atoms with Crippen molar-refractivity contribution in [2.75, 3.05) is 45.9 Å². The van der Waals surface area contributed by atoms with E-state index in [0.717, 1.165) is 25.2 Å². The molecule has 4 heteroatoms. The zero-order valence-corrected chi connectivity index (χ0v) is 12.8. The quantitative estimate of drug-likeness (QED) is 0.751. The van der Waals surface area contributed by atoms with Gasteiger partial charge in [0.15, 0.2) is 0 Å². The minimum absolute atomic E-state index is 0.444. The van der Waals surface area contributed by atoms with Crippen LogP contribution in [0.4, 0.5) is 0 Å². The largest absolute Gasteiger partial charge is 0.374 e. The summed E-state index contributed by atoms with van der Waals surface area (Å²) in [5.41, 5.74) is 0. The van der Waals surface area contributed by atoms with Crippen molar-refractivity contribution in [3.05, 3.63) is 0 Å². The molecule has 0 N–H and O–H groups in total. The van der Waals surface area contributed by atoms with Crippen molar-refractivity contribution in [1.29, 1.82) is 0 Å². The van der Waals surface area contributed by atoms with Crippen LogP contribution in [0.2, 0.25) is 0 Å². The van der Waals surface area contributed by atoms with Gasteiger partial charge >= 0.3 is 0 Å². The van der Waals surface area contributed by atoms with Crippen molar-refractivity contribution in [2.24, 2.45) is 0 Å². The van der Waals surface area contributed by atoms with Gasteiger partial charge in [0.2, 0.25) is 0 Å². The van der Waals surface area contributed by atoms with Crippen molar-refractivity contribution < 1.29 is 4.74 Å². The van der Waals surface area contributed by atoms with Gasteiger partial charge < -0.3 is 4.74 Å². The molecule has 0 aromatic carbocycles. The second kappa shape index (κ2) is 5.56. The Balaban J connectivity index is 1.34. The van der Waals surface area contributed by atoms with E-state index in [4.69, 9.17) is 4.74 Å². The zero-order chi connectivity index (χ0) is 13.5. The number of rotatable bonds is 2. The van der Waals surface area contributed by atoms with Gasteiger partial charge in [0.05, 0.1) is 12.7 Å². The molecule has 0 bridgehead atoms. The molecule has 0 spiro atoms. The number of nitrogens with zero attached hydrogens (tertiary/aromatic N) is 3. The topological polar surface area (TPSA) is 19.0 Å². The molecule has 4 fully saturated rings. The highest BCUT2D eigenvalue weighted by atomic mass is 16.5. The normalized spacial score (nSPS) is 43.6. The van der Waals surface area contributed by atoms with Gasteiger partial charge in [-0.2, -0.15) is 0 Å². The lowest BCUT2D eigenvalue weighted by Crippen LogP contribution is -2.58. The van der Waals surface area contributed by atoms with E-state index in [0.29, 0.717) is 12.1 Å². The van der Waals surface area contributed by atoms with Crippen LogP contribution >= 0.6 is 0 Å². The average molecular weight is 279 g/mol. The van der Waals surface area contributed by atoms with E-state index < -0.39 is 0 Å². The molecule has 0 radical (unpaired) electrons. The summed E-state index contributed by atoms with van der Waals surface area (Å²) in [4.78, 5) is 8.08. The fraction of sp³-hybridized carbons (Fsp3) is 1.00. The van der Waals surface area contributed by atoms with E-state index in [1.807, 2.05) is 0 Å². The number of ether oxygens (including phenoxy) is 1. The highest BCUT2D eigenvalue weighted by Gasteiger charge is 2.37. The lowest BCUT2D eigenvalue weighted by molar-refractivity contribution is -0.0737. The summed E-state index contributed by atoms with van der Waals surface area (Å²) >= 11 is 0. The second-order valence-corrected chi connectivity index (χ2v) is 7.34. The van der Waals surface area contributed by atoms with Crippen molar-refractivity contribution in [1.82, 2.24) is 14.7 Å². The Morgan fingerprint density at radius 1 is 0.950 bits per heavy atom. The number of fused-ring (bicyclic) bond motifs is 2. The zero-order valence-electron chi connectivity index (χ0n) is 12.8. The molecular formula is C16H29N3O. The van der Waals surface area contributed by atoms with Gasteiger partial charge in [0, 0.05) is 44.3 Å². The van der Waals surface area contributed by atoms with E-state index in [2.05, 4.69) is 21.6 Å². The molecule has 4 unspecified atom stereocenters. The van der Waals surface area contributed by atoms with Crippen LogP contribution in [-0.4, -0.2) is 84.8 Å². The van der Waals surface area contributed by atoms with Crippen molar-refractivity contribution in [2.45, 2.75) is 56.8 Å². The molecule has 4 saturated heterocycles. The second-order valence-electron chi connectivity index (χ2n) is 7.34. The van der Waals surface area contributed by atoms with Crippen LogP contribution in [0.15, 0.2) is 0 Å². The predicted molar refractivity (Wildman–Crippen MR) is 80.0 cm³/mol. The van der Waals surface area contributed by atoms with E-state index in [1.54, 1.807) is 0 Å². The van der Waals surface area contributed by atoms with Gasteiger partial charge in [-0.1, -0.05) is 0 Å². The van der Waals surface area contributed by atoms with Crippen LogP contribution in [0.5, 0.6) is 0 Å². The Labute approximate surface area is 123 Å². The van der Waals surface area contributed by atoms with E-state index in [-0.39, 0.29) is 0 Å².